The molecule has 5 nitrogen and oxygen atoms in total. The third-order valence-electron chi connectivity index (χ3n) is 1.91. The van der Waals surface area contributed by atoms with Gasteiger partial charge in [0.15, 0.2) is 0 Å². The second kappa shape index (κ2) is 5.37. The third kappa shape index (κ3) is 3.25. The first-order chi connectivity index (χ1) is 7.47. The molecule has 0 radical (unpaired) electrons. The van der Waals surface area contributed by atoms with Crippen LogP contribution in [-0.4, -0.2) is 24.6 Å². The molecular weight excluding hydrogens is 248 g/mol. The van der Waals surface area contributed by atoms with Crippen LogP contribution in [0.15, 0.2) is 16.6 Å². The molecule has 1 aliphatic rings. The molecule has 1 unspecified atom stereocenters. The summed E-state index contributed by atoms with van der Waals surface area (Å²) in [6, 6.07) is 2.01. The van der Waals surface area contributed by atoms with Crippen LogP contribution in [-0.2, 0) is 14.4 Å². The van der Waals surface area contributed by atoms with Crippen molar-refractivity contribution in [3.63, 3.8) is 0 Å². The Bertz CT molecular complexity index is 446. The lowest BCUT2D eigenvalue weighted by atomic mass is 10.2. The standard InChI is InChI=1S/C9H12N2O3S2/c1-7(2)16(12,13)14-11-8-4-6-15-9(8)3-5-10/h4,6-7,9H,3H2,1-2H3. The predicted octanol–water partition coefficient (Wildman–Crippen LogP) is 1.64. The molecule has 0 amide bonds. The smallest absolute Gasteiger partial charge is 0.268 e. The van der Waals surface area contributed by atoms with Gasteiger partial charge >= 0.3 is 10.1 Å². The fourth-order valence-electron chi connectivity index (χ4n) is 0.887. The molecule has 0 spiro atoms. The number of rotatable bonds is 4. The fraction of sp³-hybridized carbons (Fsp3) is 0.556. The zero-order valence-electron chi connectivity index (χ0n) is 8.95. The normalized spacial score (nSPS) is 22.6. The number of oxime groups is 1. The van der Waals surface area contributed by atoms with Crippen LogP contribution in [0.1, 0.15) is 20.3 Å². The van der Waals surface area contributed by atoms with Gasteiger partial charge < -0.3 is 0 Å². The van der Waals surface area contributed by atoms with E-state index in [0.29, 0.717) is 5.71 Å². The summed E-state index contributed by atoms with van der Waals surface area (Å²) in [7, 11) is -3.64. The lowest BCUT2D eigenvalue weighted by Gasteiger charge is -2.07. The molecule has 1 heterocycles. The monoisotopic (exact) mass is 260 g/mol. The van der Waals surface area contributed by atoms with Crippen molar-refractivity contribution in [1.82, 2.24) is 0 Å². The van der Waals surface area contributed by atoms with Crippen LogP contribution in [0.2, 0.25) is 0 Å². The van der Waals surface area contributed by atoms with Crippen LogP contribution in [0.5, 0.6) is 0 Å². The Balaban J connectivity index is 2.72. The fourth-order valence-corrected chi connectivity index (χ4v) is 2.09. The van der Waals surface area contributed by atoms with Crippen molar-refractivity contribution >= 4 is 27.6 Å². The van der Waals surface area contributed by atoms with E-state index in [1.54, 1.807) is 11.5 Å². The molecule has 0 aromatic heterocycles. The van der Waals surface area contributed by atoms with Crippen LogP contribution in [0, 0.1) is 11.3 Å². The highest BCUT2D eigenvalue weighted by atomic mass is 32.2. The van der Waals surface area contributed by atoms with Crippen LogP contribution >= 0.6 is 11.8 Å². The summed E-state index contributed by atoms with van der Waals surface area (Å²) in [5.74, 6) is 0. The minimum absolute atomic E-state index is 0.132. The van der Waals surface area contributed by atoms with Crippen LogP contribution < -0.4 is 0 Å². The Hall–Kier alpha value is -1.00. The van der Waals surface area contributed by atoms with E-state index in [2.05, 4.69) is 9.44 Å². The highest BCUT2D eigenvalue weighted by Gasteiger charge is 2.22. The van der Waals surface area contributed by atoms with E-state index in [1.165, 1.54) is 25.6 Å². The molecule has 7 heteroatoms. The van der Waals surface area contributed by atoms with Crippen molar-refractivity contribution in [3.8, 4) is 6.07 Å². The number of nitriles is 1. The van der Waals surface area contributed by atoms with Crippen molar-refractivity contribution in [2.24, 2.45) is 5.16 Å². The Kier molecular flexibility index (Phi) is 4.38. The zero-order valence-corrected chi connectivity index (χ0v) is 10.6. The lowest BCUT2D eigenvalue weighted by molar-refractivity contribution is 0.333. The number of hydrogen-bond donors (Lipinski definition) is 0. The first-order valence-electron chi connectivity index (χ1n) is 4.66. The van der Waals surface area contributed by atoms with Gasteiger partial charge in [0, 0.05) is 0 Å². The largest absolute Gasteiger partial charge is 0.330 e. The maximum atomic E-state index is 11.3. The minimum Gasteiger partial charge on any atom is -0.268 e. The summed E-state index contributed by atoms with van der Waals surface area (Å²) in [6.07, 6.45) is 1.93. The summed E-state index contributed by atoms with van der Waals surface area (Å²) in [6.45, 7) is 3.03. The van der Waals surface area contributed by atoms with Gasteiger partial charge in [0.1, 0.15) is 0 Å². The first kappa shape index (κ1) is 13.1. The Labute approximate surface area is 99.3 Å². The Morgan fingerprint density at radius 3 is 2.94 bits per heavy atom. The molecule has 0 aromatic carbocycles. The SMILES string of the molecule is CC(C)S(=O)(=O)ON=C1C=CSC1CC#N. The van der Waals surface area contributed by atoms with Gasteiger partial charge in [0.2, 0.25) is 0 Å². The zero-order chi connectivity index (χ0) is 12.2. The maximum Gasteiger partial charge on any atom is 0.330 e. The molecule has 16 heavy (non-hydrogen) atoms. The highest BCUT2D eigenvalue weighted by Crippen LogP contribution is 2.25. The van der Waals surface area contributed by atoms with Crippen LogP contribution in [0.3, 0.4) is 0 Å². The molecule has 1 atom stereocenters. The van der Waals surface area contributed by atoms with Gasteiger partial charge in [-0.3, -0.25) is 4.28 Å². The quantitative estimate of drug-likeness (QED) is 0.718. The third-order valence-corrected chi connectivity index (χ3v) is 4.38. The van der Waals surface area contributed by atoms with E-state index in [1.807, 2.05) is 6.07 Å². The average Bonchev–Trinajstić information content (AvgIpc) is 2.63. The second-order valence-corrected chi connectivity index (χ2v) is 6.61. The van der Waals surface area contributed by atoms with Crippen molar-refractivity contribution in [2.45, 2.75) is 30.8 Å². The molecule has 0 saturated heterocycles. The molecule has 0 aromatic rings. The van der Waals surface area contributed by atoms with E-state index >= 15 is 0 Å². The topological polar surface area (TPSA) is 79.5 Å². The van der Waals surface area contributed by atoms with Gasteiger partial charge in [-0.25, -0.2) is 0 Å². The van der Waals surface area contributed by atoms with Gasteiger partial charge in [-0.1, -0.05) is 5.16 Å². The molecule has 0 fully saturated rings. The Morgan fingerprint density at radius 2 is 2.38 bits per heavy atom. The predicted molar refractivity (Wildman–Crippen MR) is 63.3 cm³/mol. The summed E-state index contributed by atoms with van der Waals surface area (Å²) in [4.78, 5) is 0. The van der Waals surface area contributed by atoms with Crippen molar-refractivity contribution < 1.29 is 12.7 Å². The second-order valence-electron chi connectivity index (χ2n) is 3.42. The molecule has 1 aliphatic heterocycles. The van der Waals surface area contributed by atoms with Gasteiger partial charge in [-0.2, -0.15) is 13.7 Å². The van der Waals surface area contributed by atoms with E-state index in [-0.39, 0.29) is 11.7 Å². The maximum absolute atomic E-state index is 11.3. The van der Waals surface area contributed by atoms with Crippen molar-refractivity contribution in [1.29, 1.82) is 5.26 Å². The highest BCUT2D eigenvalue weighted by molar-refractivity contribution is 8.04. The van der Waals surface area contributed by atoms with Gasteiger partial charge in [0.25, 0.3) is 0 Å². The van der Waals surface area contributed by atoms with Gasteiger partial charge in [-0.05, 0) is 25.3 Å². The van der Waals surface area contributed by atoms with Crippen molar-refractivity contribution in [2.75, 3.05) is 0 Å². The number of thioether (sulfide) groups is 1. The van der Waals surface area contributed by atoms with E-state index in [4.69, 9.17) is 5.26 Å². The molecule has 88 valence electrons. The average molecular weight is 260 g/mol. The van der Waals surface area contributed by atoms with Crippen LogP contribution in [0.4, 0.5) is 0 Å². The van der Waals surface area contributed by atoms with Gasteiger partial charge in [0.05, 0.1) is 28.7 Å². The Morgan fingerprint density at radius 1 is 1.69 bits per heavy atom. The molecule has 0 saturated carbocycles. The first-order valence-corrected chi connectivity index (χ1v) is 7.08. The molecule has 0 N–H and O–H groups in total. The van der Waals surface area contributed by atoms with Crippen LogP contribution in [0.25, 0.3) is 0 Å². The molecular formula is C9H12N2O3S2. The van der Waals surface area contributed by atoms with E-state index < -0.39 is 15.4 Å². The minimum atomic E-state index is -3.64. The summed E-state index contributed by atoms with van der Waals surface area (Å²) < 4.78 is 27.2. The number of hydrogen-bond acceptors (Lipinski definition) is 6. The number of allylic oxidation sites excluding steroid dienone is 1. The van der Waals surface area contributed by atoms with E-state index in [0.717, 1.165) is 0 Å². The molecule has 0 bridgehead atoms. The lowest BCUT2D eigenvalue weighted by Crippen LogP contribution is -2.17. The molecule has 0 aliphatic carbocycles. The van der Waals surface area contributed by atoms with Crippen molar-refractivity contribution in [3.05, 3.63) is 11.5 Å². The summed E-state index contributed by atoms with van der Waals surface area (Å²) in [5.41, 5.74) is 0.482. The summed E-state index contributed by atoms with van der Waals surface area (Å²) in [5, 5.41) is 13.1. The number of nitrogens with zero attached hydrogens (tertiary/aromatic N) is 2. The van der Waals surface area contributed by atoms with Gasteiger partial charge in [-0.15, -0.1) is 11.8 Å². The molecule has 1 rings (SSSR count). The van der Waals surface area contributed by atoms with E-state index in [9.17, 15) is 8.42 Å². The summed E-state index contributed by atoms with van der Waals surface area (Å²) >= 11 is 1.43.